The second-order valence-corrected chi connectivity index (χ2v) is 3.75. The lowest BCUT2D eigenvalue weighted by atomic mass is 10.2. The van der Waals surface area contributed by atoms with Crippen molar-refractivity contribution >= 4 is 11.4 Å². The number of aryl methyl sites for hydroxylation is 1. The molecule has 0 aliphatic heterocycles. The van der Waals surface area contributed by atoms with E-state index in [1.807, 2.05) is 36.0 Å². The Morgan fingerprint density at radius 2 is 2.24 bits per heavy atom. The van der Waals surface area contributed by atoms with E-state index in [1.54, 1.807) is 13.3 Å². The van der Waals surface area contributed by atoms with Crippen LogP contribution in [0.2, 0.25) is 0 Å². The van der Waals surface area contributed by atoms with Crippen molar-refractivity contribution in [1.29, 1.82) is 0 Å². The number of hydrogen-bond acceptors (Lipinski definition) is 4. The number of benzene rings is 1. The van der Waals surface area contributed by atoms with Crippen LogP contribution in [0.15, 0.2) is 30.5 Å². The molecule has 17 heavy (non-hydrogen) atoms. The lowest BCUT2D eigenvalue weighted by Crippen LogP contribution is -2.07. The van der Waals surface area contributed by atoms with Gasteiger partial charge in [0, 0.05) is 19.3 Å². The largest absolute Gasteiger partial charge is 0.497 e. The second-order valence-electron chi connectivity index (χ2n) is 3.75. The first-order valence-corrected chi connectivity index (χ1v) is 5.35. The predicted octanol–water partition coefficient (Wildman–Crippen LogP) is 1.62. The van der Waals surface area contributed by atoms with Gasteiger partial charge in [-0.3, -0.25) is 4.68 Å². The molecule has 5 nitrogen and oxygen atoms in total. The molecule has 1 aromatic heterocycles. The molecule has 0 aliphatic carbocycles. The van der Waals surface area contributed by atoms with E-state index in [-0.39, 0.29) is 0 Å². The number of nitrogens with zero attached hydrogens (tertiary/aromatic N) is 2. The van der Waals surface area contributed by atoms with Gasteiger partial charge in [-0.25, -0.2) is 0 Å². The van der Waals surface area contributed by atoms with Crippen molar-refractivity contribution in [3.63, 3.8) is 0 Å². The highest BCUT2D eigenvalue weighted by Gasteiger charge is 2.03. The monoisotopic (exact) mass is 232 g/mol. The van der Waals surface area contributed by atoms with Gasteiger partial charge in [0.2, 0.25) is 0 Å². The highest BCUT2D eigenvalue weighted by atomic mass is 16.5. The summed E-state index contributed by atoms with van der Waals surface area (Å²) in [6.07, 6.45) is 1.77. The minimum Gasteiger partial charge on any atom is -0.497 e. The molecule has 5 heteroatoms. The molecule has 1 heterocycles. The third-order valence-corrected chi connectivity index (χ3v) is 2.64. The molecule has 0 aliphatic rings. The minimum absolute atomic E-state index is 0.674. The highest BCUT2D eigenvalue weighted by Crippen LogP contribution is 2.24. The Morgan fingerprint density at radius 3 is 2.88 bits per heavy atom. The first-order chi connectivity index (χ1) is 8.20. The molecular formula is C12H16N4O. The van der Waals surface area contributed by atoms with Gasteiger partial charge in [0.05, 0.1) is 30.7 Å². The lowest BCUT2D eigenvalue weighted by molar-refractivity contribution is 0.415. The molecule has 0 fully saturated rings. The fraction of sp³-hybridized carbons (Fsp3) is 0.250. The first-order valence-electron chi connectivity index (χ1n) is 5.35. The zero-order valence-electron chi connectivity index (χ0n) is 9.97. The number of aromatic nitrogens is 2. The molecule has 0 saturated heterocycles. The second kappa shape index (κ2) is 4.78. The summed E-state index contributed by atoms with van der Waals surface area (Å²) in [5.41, 5.74) is 8.54. The van der Waals surface area contributed by atoms with E-state index in [0.29, 0.717) is 12.2 Å². The zero-order chi connectivity index (χ0) is 12.3. The van der Waals surface area contributed by atoms with Crippen molar-refractivity contribution in [3.8, 4) is 5.75 Å². The van der Waals surface area contributed by atoms with E-state index in [1.165, 1.54) is 0 Å². The number of anilines is 2. The van der Waals surface area contributed by atoms with Gasteiger partial charge in [-0.15, -0.1) is 0 Å². The molecule has 0 bridgehead atoms. The minimum atomic E-state index is 0.674. The third-order valence-electron chi connectivity index (χ3n) is 2.64. The molecule has 90 valence electrons. The molecule has 3 N–H and O–H groups in total. The average molecular weight is 232 g/mol. The van der Waals surface area contributed by atoms with Crippen LogP contribution in [0.5, 0.6) is 5.75 Å². The summed E-state index contributed by atoms with van der Waals surface area (Å²) in [5, 5.41) is 7.37. The fourth-order valence-electron chi connectivity index (χ4n) is 1.58. The van der Waals surface area contributed by atoms with Crippen LogP contribution >= 0.6 is 0 Å². The maximum atomic E-state index is 5.88. The van der Waals surface area contributed by atoms with Gasteiger partial charge >= 0.3 is 0 Å². The van der Waals surface area contributed by atoms with Crippen LogP contribution < -0.4 is 15.8 Å². The highest BCUT2D eigenvalue weighted by molar-refractivity contribution is 5.68. The molecule has 2 rings (SSSR count). The van der Waals surface area contributed by atoms with Crippen molar-refractivity contribution in [2.45, 2.75) is 6.54 Å². The normalized spacial score (nSPS) is 10.2. The number of nitrogens with one attached hydrogen (secondary N) is 1. The van der Waals surface area contributed by atoms with Gasteiger partial charge < -0.3 is 15.8 Å². The van der Waals surface area contributed by atoms with Crippen LogP contribution in [-0.2, 0) is 13.6 Å². The standard InChI is InChI=1S/C12H16N4O/c1-16-9(5-6-15-16)8-14-12-7-10(17-2)3-4-11(12)13/h3-7,14H,8,13H2,1-2H3. The predicted molar refractivity (Wildman–Crippen MR) is 67.9 cm³/mol. The van der Waals surface area contributed by atoms with Gasteiger partial charge in [-0.2, -0.15) is 5.10 Å². The number of nitrogen functional groups attached to an aromatic ring is 1. The number of rotatable bonds is 4. The Morgan fingerprint density at radius 1 is 1.41 bits per heavy atom. The maximum absolute atomic E-state index is 5.88. The van der Waals surface area contributed by atoms with Crippen molar-refractivity contribution in [2.75, 3.05) is 18.2 Å². The van der Waals surface area contributed by atoms with Gasteiger partial charge in [-0.05, 0) is 18.2 Å². The van der Waals surface area contributed by atoms with Crippen LogP contribution in [0.4, 0.5) is 11.4 Å². The number of nitrogens with two attached hydrogens (primary N) is 1. The Bertz CT molecular complexity index is 507. The van der Waals surface area contributed by atoms with E-state index in [2.05, 4.69) is 10.4 Å². The quantitative estimate of drug-likeness (QED) is 0.786. The molecule has 0 spiro atoms. The SMILES string of the molecule is COc1ccc(N)c(NCc2ccnn2C)c1. The van der Waals surface area contributed by atoms with Gasteiger partial charge in [0.25, 0.3) is 0 Å². The van der Waals surface area contributed by atoms with Gasteiger partial charge in [0.1, 0.15) is 5.75 Å². The van der Waals surface area contributed by atoms with Crippen molar-refractivity contribution in [3.05, 3.63) is 36.2 Å². The zero-order valence-corrected chi connectivity index (χ0v) is 9.97. The summed E-state index contributed by atoms with van der Waals surface area (Å²) in [5.74, 6) is 0.784. The molecule has 0 unspecified atom stereocenters. The molecule has 0 saturated carbocycles. The summed E-state index contributed by atoms with van der Waals surface area (Å²) in [7, 11) is 3.54. The van der Waals surface area contributed by atoms with Crippen LogP contribution in [0.3, 0.4) is 0 Å². The Hall–Kier alpha value is -2.17. The maximum Gasteiger partial charge on any atom is 0.121 e. The Balaban J connectivity index is 2.11. The molecule has 1 aromatic carbocycles. The Kier molecular flexibility index (Phi) is 3.18. The third kappa shape index (κ3) is 2.50. The van der Waals surface area contributed by atoms with Gasteiger partial charge in [-0.1, -0.05) is 0 Å². The van der Waals surface area contributed by atoms with E-state index in [4.69, 9.17) is 10.5 Å². The smallest absolute Gasteiger partial charge is 0.121 e. The van der Waals surface area contributed by atoms with Crippen molar-refractivity contribution in [1.82, 2.24) is 9.78 Å². The van der Waals surface area contributed by atoms with Gasteiger partial charge in [0.15, 0.2) is 0 Å². The molecular weight excluding hydrogens is 216 g/mol. The van der Waals surface area contributed by atoms with Crippen LogP contribution in [0, 0.1) is 0 Å². The van der Waals surface area contributed by atoms with E-state index in [9.17, 15) is 0 Å². The topological polar surface area (TPSA) is 65.1 Å². The molecule has 0 atom stereocenters. The molecule has 0 amide bonds. The number of methoxy groups -OCH3 is 1. The number of ether oxygens (including phenoxy) is 1. The van der Waals surface area contributed by atoms with E-state index in [0.717, 1.165) is 17.1 Å². The summed E-state index contributed by atoms with van der Waals surface area (Å²) in [4.78, 5) is 0. The van der Waals surface area contributed by atoms with E-state index < -0.39 is 0 Å². The van der Waals surface area contributed by atoms with Crippen LogP contribution in [0.1, 0.15) is 5.69 Å². The van der Waals surface area contributed by atoms with E-state index >= 15 is 0 Å². The molecule has 2 aromatic rings. The summed E-state index contributed by atoms with van der Waals surface area (Å²) >= 11 is 0. The van der Waals surface area contributed by atoms with Crippen LogP contribution in [-0.4, -0.2) is 16.9 Å². The Labute approximate surface area is 100 Å². The summed E-state index contributed by atoms with van der Waals surface area (Å²) in [6.45, 7) is 0.674. The van der Waals surface area contributed by atoms with Crippen molar-refractivity contribution < 1.29 is 4.74 Å². The summed E-state index contributed by atoms with van der Waals surface area (Å²) < 4.78 is 6.98. The lowest BCUT2D eigenvalue weighted by Gasteiger charge is -2.11. The van der Waals surface area contributed by atoms with Crippen molar-refractivity contribution in [2.24, 2.45) is 7.05 Å². The first kappa shape index (κ1) is 11.3. The fourth-order valence-corrected chi connectivity index (χ4v) is 1.58. The number of hydrogen-bond donors (Lipinski definition) is 2. The average Bonchev–Trinajstić information content (AvgIpc) is 2.74. The molecule has 0 radical (unpaired) electrons. The summed E-state index contributed by atoms with van der Waals surface area (Å²) in [6, 6.07) is 7.50. The van der Waals surface area contributed by atoms with Crippen LogP contribution in [0.25, 0.3) is 0 Å².